The largest absolute Gasteiger partial charge is 0.481 e. The van der Waals surface area contributed by atoms with Gasteiger partial charge in [0.1, 0.15) is 0 Å². The van der Waals surface area contributed by atoms with Crippen molar-refractivity contribution >= 4 is 17.3 Å². The summed E-state index contributed by atoms with van der Waals surface area (Å²) in [6, 6.07) is 3.90. The second-order valence-electron chi connectivity index (χ2n) is 6.45. The lowest BCUT2D eigenvalue weighted by Gasteiger charge is -2.23. The smallest absolute Gasteiger partial charge is 0.309 e. The van der Waals surface area contributed by atoms with Gasteiger partial charge >= 0.3 is 5.97 Å². The average Bonchev–Trinajstić information content (AvgIpc) is 2.64. The predicted octanol–water partition coefficient (Wildman–Crippen LogP) is 3.55. The summed E-state index contributed by atoms with van der Waals surface area (Å²) in [5, 5.41) is 9.12. The van der Waals surface area contributed by atoms with Crippen LogP contribution in [0.4, 0.5) is 0 Å². The van der Waals surface area contributed by atoms with Crippen LogP contribution < -0.4 is 5.73 Å². The zero-order valence-electron chi connectivity index (χ0n) is 11.8. The molecule has 0 aliphatic carbocycles. The highest BCUT2D eigenvalue weighted by atomic mass is 32.1. The standard InChI is InChI=1S/C14H23NO2S/c1-13(2,3)11-7-6-10(18-11)9(15)8-14(4,5)12(16)17/h6-7,9H,8,15H2,1-5H3,(H,16,17). The molecule has 0 aromatic carbocycles. The van der Waals surface area contributed by atoms with Crippen LogP contribution in [0.1, 0.15) is 56.8 Å². The molecule has 1 aromatic rings. The first-order valence-electron chi connectivity index (χ1n) is 6.13. The van der Waals surface area contributed by atoms with E-state index in [-0.39, 0.29) is 11.5 Å². The summed E-state index contributed by atoms with van der Waals surface area (Å²) >= 11 is 1.68. The van der Waals surface area contributed by atoms with E-state index in [1.165, 1.54) is 4.88 Å². The summed E-state index contributed by atoms with van der Waals surface area (Å²) in [6.07, 6.45) is 0.451. The van der Waals surface area contributed by atoms with Crippen LogP contribution in [0.2, 0.25) is 0 Å². The SMILES string of the molecule is CC(C)(CC(N)c1ccc(C(C)(C)C)s1)C(=O)O. The Kier molecular flexibility index (Phi) is 4.23. The number of thiophene rings is 1. The summed E-state index contributed by atoms with van der Waals surface area (Å²) in [5.41, 5.74) is 5.45. The van der Waals surface area contributed by atoms with E-state index < -0.39 is 11.4 Å². The second kappa shape index (κ2) is 5.02. The van der Waals surface area contributed by atoms with E-state index in [1.54, 1.807) is 25.2 Å². The number of hydrogen-bond donors (Lipinski definition) is 2. The Balaban J connectivity index is 2.83. The number of nitrogens with two attached hydrogens (primary N) is 1. The minimum absolute atomic E-state index is 0.116. The van der Waals surface area contributed by atoms with E-state index in [4.69, 9.17) is 10.8 Å². The number of rotatable bonds is 4. The number of aliphatic carboxylic acids is 1. The van der Waals surface area contributed by atoms with E-state index >= 15 is 0 Å². The number of carboxylic acids is 1. The normalized spacial score (nSPS) is 14.6. The van der Waals surface area contributed by atoms with Crippen LogP contribution in [-0.4, -0.2) is 11.1 Å². The highest BCUT2D eigenvalue weighted by Crippen LogP contribution is 2.35. The summed E-state index contributed by atoms with van der Waals surface area (Å²) in [6.45, 7) is 9.92. The molecule has 1 atom stereocenters. The summed E-state index contributed by atoms with van der Waals surface area (Å²) in [5.74, 6) is -0.800. The molecule has 3 nitrogen and oxygen atoms in total. The monoisotopic (exact) mass is 269 g/mol. The Morgan fingerprint density at radius 3 is 2.28 bits per heavy atom. The zero-order chi connectivity index (χ0) is 14.1. The Morgan fingerprint density at radius 2 is 1.89 bits per heavy atom. The molecule has 0 saturated carbocycles. The summed E-state index contributed by atoms with van der Waals surface area (Å²) < 4.78 is 0. The van der Waals surface area contributed by atoms with Crippen molar-refractivity contribution in [2.24, 2.45) is 11.1 Å². The first kappa shape index (κ1) is 15.2. The van der Waals surface area contributed by atoms with Crippen LogP contribution in [0.25, 0.3) is 0 Å². The molecular formula is C14H23NO2S. The van der Waals surface area contributed by atoms with Gasteiger partial charge in [-0.05, 0) is 37.8 Å². The first-order valence-corrected chi connectivity index (χ1v) is 6.95. The number of carbonyl (C=O) groups is 1. The molecule has 0 aliphatic rings. The van der Waals surface area contributed by atoms with E-state index in [2.05, 4.69) is 26.8 Å². The topological polar surface area (TPSA) is 63.3 Å². The van der Waals surface area contributed by atoms with Gasteiger partial charge in [0.25, 0.3) is 0 Å². The Hall–Kier alpha value is -0.870. The van der Waals surface area contributed by atoms with Crippen LogP contribution in [-0.2, 0) is 10.2 Å². The molecule has 1 heterocycles. The lowest BCUT2D eigenvalue weighted by Crippen LogP contribution is -2.28. The van der Waals surface area contributed by atoms with Gasteiger partial charge in [0.15, 0.2) is 0 Å². The van der Waals surface area contributed by atoms with E-state index in [1.807, 2.05) is 6.07 Å². The zero-order valence-corrected chi connectivity index (χ0v) is 12.6. The van der Waals surface area contributed by atoms with Crippen molar-refractivity contribution < 1.29 is 9.90 Å². The van der Waals surface area contributed by atoms with Gasteiger partial charge in [0.05, 0.1) is 5.41 Å². The quantitative estimate of drug-likeness (QED) is 0.878. The third kappa shape index (κ3) is 3.56. The van der Waals surface area contributed by atoms with Crippen molar-refractivity contribution in [1.82, 2.24) is 0 Å². The Morgan fingerprint density at radius 1 is 1.33 bits per heavy atom. The molecule has 3 N–H and O–H groups in total. The molecule has 1 unspecified atom stereocenters. The predicted molar refractivity (Wildman–Crippen MR) is 76.0 cm³/mol. The van der Waals surface area contributed by atoms with Gasteiger partial charge in [-0.3, -0.25) is 4.79 Å². The van der Waals surface area contributed by atoms with Crippen molar-refractivity contribution in [2.75, 3.05) is 0 Å². The maximum absolute atomic E-state index is 11.1. The van der Waals surface area contributed by atoms with Crippen molar-refractivity contribution in [3.8, 4) is 0 Å². The molecule has 102 valence electrons. The third-order valence-electron chi connectivity index (χ3n) is 3.04. The van der Waals surface area contributed by atoms with Gasteiger partial charge in [-0.1, -0.05) is 20.8 Å². The summed E-state index contributed by atoms with van der Waals surface area (Å²) in [7, 11) is 0. The fourth-order valence-electron chi connectivity index (χ4n) is 1.69. The van der Waals surface area contributed by atoms with Crippen LogP contribution in [0.15, 0.2) is 12.1 Å². The van der Waals surface area contributed by atoms with Crippen molar-refractivity contribution in [3.63, 3.8) is 0 Å². The lowest BCUT2D eigenvalue weighted by molar-refractivity contribution is -0.147. The molecule has 4 heteroatoms. The lowest BCUT2D eigenvalue weighted by atomic mass is 9.85. The minimum atomic E-state index is -0.800. The highest BCUT2D eigenvalue weighted by molar-refractivity contribution is 7.12. The van der Waals surface area contributed by atoms with Gasteiger partial charge in [0.2, 0.25) is 0 Å². The van der Waals surface area contributed by atoms with E-state index in [0.29, 0.717) is 6.42 Å². The average molecular weight is 269 g/mol. The number of carboxylic acid groups (broad SMARTS) is 1. The number of hydrogen-bond acceptors (Lipinski definition) is 3. The van der Waals surface area contributed by atoms with Crippen molar-refractivity contribution in [2.45, 2.75) is 52.5 Å². The molecule has 0 spiro atoms. The fraction of sp³-hybridized carbons (Fsp3) is 0.643. The van der Waals surface area contributed by atoms with Gasteiger partial charge in [-0.2, -0.15) is 0 Å². The molecule has 0 radical (unpaired) electrons. The molecule has 0 bridgehead atoms. The maximum atomic E-state index is 11.1. The molecular weight excluding hydrogens is 246 g/mol. The first-order chi connectivity index (χ1) is 8.04. The van der Waals surface area contributed by atoms with Gasteiger partial charge in [0, 0.05) is 15.8 Å². The molecule has 1 aromatic heterocycles. The van der Waals surface area contributed by atoms with Gasteiger partial charge < -0.3 is 10.8 Å². The van der Waals surface area contributed by atoms with Crippen LogP contribution in [0, 0.1) is 5.41 Å². The fourth-order valence-corrected chi connectivity index (χ4v) is 2.76. The molecule has 1 rings (SSSR count). The molecule has 0 saturated heterocycles. The molecule has 18 heavy (non-hydrogen) atoms. The minimum Gasteiger partial charge on any atom is -0.481 e. The molecule has 0 fully saturated rings. The second-order valence-corrected chi connectivity index (χ2v) is 7.57. The van der Waals surface area contributed by atoms with Gasteiger partial charge in [-0.15, -0.1) is 11.3 Å². The molecule has 0 aliphatic heterocycles. The maximum Gasteiger partial charge on any atom is 0.309 e. The van der Waals surface area contributed by atoms with Crippen LogP contribution in [0.5, 0.6) is 0 Å². The van der Waals surface area contributed by atoms with E-state index in [0.717, 1.165) is 4.88 Å². The Labute approximate surface area is 113 Å². The summed E-state index contributed by atoms with van der Waals surface area (Å²) in [4.78, 5) is 13.4. The van der Waals surface area contributed by atoms with Crippen molar-refractivity contribution in [1.29, 1.82) is 0 Å². The molecule has 0 amide bonds. The van der Waals surface area contributed by atoms with Gasteiger partial charge in [-0.25, -0.2) is 0 Å². The van der Waals surface area contributed by atoms with E-state index in [9.17, 15) is 4.79 Å². The highest BCUT2D eigenvalue weighted by Gasteiger charge is 2.30. The third-order valence-corrected chi connectivity index (χ3v) is 4.68. The van der Waals surface area contributed by atoms with Crippen LogP contribution in [0.3, 0.4) is 0 Å². The van der Waals surface area contributed by atoms with Crippen LogP contribution >= 0.6 is 11.3 Å². The Bertz CT molecular complexity index is 429. The van der Waals surface area contributed by atoms with Crippen molar-refractivity contribution in [3.05, 3.63) is 21.9 Å².